The topological polar surface area (TPSA) is 64.3 Å². The molecule has 1 aromatic carbocycles. The molecule has 1 fully saturated rings. The first kappa shape index (κ1) is 16.8. The molecule has 1 aliphatic rings. The number of nitrogens with two attached hydrogens (primary N) is 1. The Bertz CT molecular complexity index is 434. The van der Waals surface area contributed by atoms with Crippen LogP contribution in [0.2, 0.25) is 0 Å². The van der Waals surface area contributed by atoms with E-state index in [0.717, 1.165) is 30.7 Å². The molecule has 4 nitrogen and oxygen atoms in total. The summed E-state index contributed by atoms with van der Waals surface area (Å²) in [5.41, 5.74) is 6.72. The maximum atomic E-state index is 12.1. The smallest absolute Gasteiger partial charge is 0.229 e. The minimum atomic E-state index is -0.0495. The fourth-order valence-corrected chi connectivity index (χ4v) is 2.44. The van der Waals surface area contributed by atoms with Gasteiger partial charge >= 0.3 is 0 Å². The molecule has 1 saturated carbocycles. The van der Waals surface area contributed by atoms with Crippen molar-refractivity contribution < 1.29 is 9.53 Å². The number of amides is 1. The molecule has 0 bridgehead atoms. The summed E-state index contributed by atoms with van der Waals surface area (Å²) in [5, 5.41) is 2.92. The average molecular weight is 299 g/mol. The predicted octanol–water partition coefficient (Wildman–Crippen LogP) is 2.96. The third-order valence-electron chi connectivity index (χ3n) is 3.40. The summed E-state index contributed by atoms with van der Waals surface area (Å²) in [6, 6.07) is 7.45. The highest BCUT2D eigenvalue weighted by molar-refractivity contribution is 5.93. The van der Waals surface area contributed by atoms with Crippen molar-refractivity contribution in [3.63, 3.8) is 0 Å². The summed E-state index contributed by atoms with van der Waals surface area (Å²) < 4.78 is 5.56. The van der Waals surface area contributed by atoms with Crippen LogP contribution in [0.3, 0.4) is 0 Å². The summed E-state index contributed by atoms with van der Waals surface area (Å²) in [7, 11) is 0. The van der Waals surface area contributed by atoms with Crippen LogP contribution in [0.25, 0.3) is 0 Å². The zero-order chi connectivity index (χ0) is 13.8. The van der Waals surface area contributed by atoms with E-state index in [9.17, 15) is 4.79 Å². The van der Waals surface area contributed by atoms with Gasteiger partial charge in [-0.25, -0.2) is 0 Å². The SMILES string of the molecule is CC(C)Oc1ccc(NC(=O)C2CCCC2N)cc1.Cl. The van der Waals surface area contributed by atoms with E-state index < -0.39 is 0 Å². The molecule has 0 radical (unpaired) electrons. The van der Waals surface area contributed by atoms with Crippen molar-refractivity contribution >= 4 is 24.0 Å². The van der Waals surface area contributed by atoms with E-state index in [0.29, 0.717) is 0 Å². The zero-order valence-electron chi connectivity index (χ0n) is 12.0. The Morgan fingerprint density at radius 3 is 2.45 bits per heavy atom. The van der Waals surface area contributed by atoms with Gasteiger partial charge in [-0.2, -0.15) is 0 Å². The van der Waals surface area contributed by atoms with Gasteiger partial charge in [0.15, 0.2) is 0 Å². The van der Waals surface area contributed by atoms with Gasteiger partial charge in [0.05, 0.1) is 12.0 Å². The second-order valence-electron chi connectivity index (χ2n) is 5.38. The van der Waals surface area contributed by atoms with Crippen LogP contribution >= 0.6 is 12.4 Å². The van der Waals surface area contributed by atoms with Gasteiger partial charge in [-0.05, 0) is 51.0 Å². The first-order valence-electron chi connectivity index (χ1n) is 6.89. The van der Waals surface area contributed by atoms with E-state index in [1.807, 2.05) is 38.1 Å². The molecule has 3 N–H and O–H groups in total. The van der Waals surface area contributed by atoms with Gasteiger partial charge in [-0.15, -0.1) is 12.4 Å². The zero-order valence-corrected chi connectivity index (χ0v) is 12.8. The number of hydrogen-bond acceptors (Lipinski definition) is 3. The van der Waals surface area contributed by atoms with Gasteiger partial charge in [0.1, 0.15) is 5.75 Å². The molecular formula is C15H23ClN2O2. The number of carbonyl (C=O) groups is 1. The van der Waals surface area contributed by atoms with Crippen molar-refractivity contribution in [1.29, 1.82) is 0 Å². The maximum Gasteiger partial charge on any atom is 0.229 e. The van der Waals surface area contributed by atoms with E-state index in [2.05, 4.69) is 5.32 Å². The lowest BCUT2D eigenvalue weighted by Gasteiger charge is -2.15. The molecule has 112 valence electrons. The second-order valence-corrected chi connectivity index (χ2v) is 5.38. The highest BCUT2D eigenvalue weighted by Gasteiger charge is 2.30. The molecule has 0 spiro atoms. The van der Waals surface area contributed by atoms with Gasteiger partial charge in [0.2, 0.25) is 5.91 Å². The number of hydrogen-bond donors (Lipinski definition) is 2. The third-order valence-corrected chi connectivity index (χ3v) is 3.40. The first-order valence-corrected chi connectivity index (χ1v) is 6.89. The van der Waals surface area contributed by atoms with E-state index in [-0.39, 0.29) is 36.4 Å². The van der Waals surface area contributed by atoms with E-state index in [1.54, 1.807) is 0 Å². The van der Waals surface area contributed by atoms with Crippen LogP contribution < -0.4 is 15.8 Å². The summed E-state index contributed by atoms with van der Waals surface area (Å²) in [6.07, 6.45) is 3.03. The quantitative estimate of drug-likeness (QED) is 0.898. The Kier molecular flexibility index (Phi) is 6.30. The molecular weight excluding hydrogens is 276 g/mol. The largest absolute Gasteiger partial charge is 0.491 e. The Morgan fingerprint density at radius 1 is 1.30 bits per heavy atom. The third kappa shape index (κ3) is 4.39. The first-order chi connectivity index (χ1) is 9.06. The van der Waals surface area contributed by atoms with Crippen molar-refractivity contribution in [3.8, 4) is 5.75 Å². The number of nitrogens with one attached hydrogen (secondary N) is 1. The highest BCUT2D eigenvalue weighted by atomic mass is 35.5. The molecule has 1 aromatic rings. The molecule has 0 aromatic heterocycles. The molecule has 1 amide bonds. The van der Waals surface area contributed by atoms with Crippen LogP contribution in [0, 0.1) is 5.92 Å². The molecule has 2 rings (SSSR count). The average Bonchev–Trinajstić information content (AvgIpc) is 2.77. The van der Waals surface area contributed by atoms with Crippen LogP contribution in [-0.2, 0) is 4.79 Å². The van der Waals surface area contributed by atoms with Crippen LogP contribution in [0.4, 0.5) is 5.69 Å². The van der Waals surface area contributed by atoms with Crippen molar-refractivity contribution in [3.05, 3.63) is 24.3 Å². The van der Waals surface area contributed by atoms with Crippen LogP contribution in [0.5, 0.6) is 5.75 Å². The Labute approximate surface area is 126 Å². The van der Waals surface area contributed by atoms with Crippen molar-refractivity contribution in [1.82, 2.24) is 0 Å². The van der Waals surface area contributed by atoms with Crippen LogP contribution in [-0.4, -0.2) is 18.1 Å². The lowest BCUT2D eigenvalue weighted by atomic mass is 10.0. The number of benzene rings is 1. The summed E-state index contributed by atoms with van der Waals surface area (Å²) in [4.78, 5) is 12.1. The summed E-state index contributed by atoms with van der Waals surface area (Å²) in [5.74, 6) is 0.791. The standard InChI is InChI=1S/C15H22N2O2.ClH/c1-10(2)19-12-8-6-11(7-9-12)17-15(18)13-4-3-5-14(13)16;/h6-10,13-14H,3-5,16H2,1-2H3,(H,17,18);1H. The highest BCUT2D eigenvalue weighted by Crippen LogP contribution is 2.25. The Morgan fingerprint density at radius 2 is 1.95 bits per heavy atom. The van der Waals surface area contributed by atoms with Crippen molar-refractivity contribution in [2.75, 3.05) is 5.32 Å². The number of anilines is 1. The number of rotatable bonds is 4. The van der Waals surface area contributed by atoms with Crippen LogP contribution in [0.15, 0.2) is 24.3 Å². The predicted molar refractivity (Wildman–Crippen MR) is 83.4 cm³/mol. The second kappa shape index (κ2) is 7.50. The molecule has 0 saturated heterocycles. The molecule has 0 aliphatic heterocycles. The molecule has 20 heavy (non-hydrogen) atoms. The van der Waals surface area contributed by atoms with Crippen molar-refractivity contribution in [2.24, 2.45) is 11.7 Å². The molecule has 5 heteroatoms. The van der Waals surface area contributed by atoms with Gasteiger partial charge < -0.3 is 15.8 Å². The van der Waals surface area contributed by atoms with Gasteiger partial charge in [0, 0.05) is 11.7 Å². The molecule has 1 aliphatic carbocycles. The lowest BCUT2D eigenvalue weighted by molar-refractivity contribution is -0.120. The van der Waals surface area contributed by atoms with E-state index >= 15 is 0 Å². The summed E-state index contributed by atoms with van der Waals surface area (Å²) >= 11 is 0. The fraction of sp³-hybridized carbons (Fsp3) is 0.533. The van der Waals surface area contributed by atoms with E-state index in [1.165, 1.54) is 0 Å². The lowest BCUT2D eigenvalue weighted by Crippen LogP contribution is -2.34. The normalized spacial score (nSPS) is 21.4. The van der Waals surface area contributed by atoms with Crippen molar-refractivity contribution in [2.45, 2.75) is 45.3 Å². The number of halogens is 1. The van der Waals surface area contributed by atoms with E-state index in [4.69, 9.17) is 10.5 Å². The minimum Gasteiger partial charge on any atom is -0.491 e. The molecule has 0 heterocycles. The van der Waals surface area contributed by atoms with Gasteiger partial charge in [-0.3, -0.25) is 4.79 Å². The van der Waals surface area contributed by atoms with Crippen LogP contribution in [0.1, 0.15) is 33.1 Å². The fourth-order valence-electron chi connectivity index (χ4n) is 2.44. The maximum absolute atomic E-state index is 12.1. The Hall–Kier alpha value is -1.26. The Balaban J connectivity index is 0.00000200. The summed E-state index contributed by atoms with van der Waals surface area (Å²) in [6.45, 7) is 3.97. The van der Waals surface area contributed by atoms with Gasteiger partial charge in [0.25, 0.3) is 0 Å². The molecule has 2 atom stereocenters. The monoisotopic (exact) mass is 298 g/mol. The number of ether oxygens (including phenoxy) is 1. The molecule has 2 unspecified atom stereocenters. The van der Waals surface area contributed by atoms with Gasteiger partial charge in [-0.1, -0.05) is 6.42 Å². The minimum absolute atomic E-state index is 0. The number of carbonyl (C=O) groups excluding carboxylic acids is 1.